The highest BCUT2D eigenvalue weighted by atomic mass is 32.2. The molecule has 0 saturated heterocycles. The van der Waals surface area contributed by atoms with Crippen LogP contribution in [0.1, 0.15) is 5.56 Å². The van der Waals surface area contributed by atoms with Crippen molar-refractivity contribution >= 4 is 25.5 Å². The van der Waals surface area contributed by atoms with E-state index in [9.17, 15) is 22.1 Å². The van der Waals surface area contributed by atoms with E-state index in [-0.39, 0.29) is 20.4 Å². The first-order valence-corrected chi connectivity index (χ1v) is 11.5. The maximum absolute atomic E-state index is 13.2. The second-order valence-corrected chi connectivity index (χ2v) is 10.5. The van der Waals surface area contributed by atoms with Crippen LogP contribution in [0, 0.1) is 40.9 Å². The van der Waals surface area contributed by atoms with E-state index in [1.165, 1.54) is 38.4 Å². The predicted molar refractivity (Wildman–Crippen MR) is 111 cm³/mol. The van der Waals surface area contributed by atoms with E-state index in [2.05, 4.69) is 5.32 Å². The van der Waals surface area contributed by atoms with Crippen molar-refractivity contribution in [2.75, 3.05) is 19.4 Å². The number of nitrogens with zero attached hydrogens (tertiary/aromatic N) is 4. The van der Waals surface area contributed by atoms with E-state index in [0.717, 1.165) is 28.1 Å². The summed E-state index contributed by atoms with van der Waals surface area (Å²) in [5, 5.41) is 29.9. The molecule has 9 nitrogen and oxygen atoms in total. The average Bonchev–Trinajstić information content (AvgIpc) is 2.73. The zero-order valence-corrected chi connectivity index (χ0v) is 18.4. The first kappa shape index (κ1) is 23.6. The molecule has 0 saturated carbocycles. The number of hydrogen-bond acceptors (Lipinski definition) is 8. The molecule has 158 valence electrons. The third-order valence-electron chi connectivity index (χ3n) is 4.20. The Hall–Kier alpha value is -3.69. The maximum Gasteiger partial charge on any atom is 0.242 e. The fraction of sp³-hybridized carbons (Fsp3) is 0.150. The Morgan fingerprint density at radius 2 is 1.42 bits per heavy atom. The summed E-state index contributed by atoms with van der Waals surface area (Å²) in [5.41, 5.74) is -0.512. The van der Waals surface area contributed by atoms with Crippen molar-refractivity contribution in [3.63, 3.8) is 0 Å². The van der Waals surface area contributed by atoms with Gasteiger partial charge in [-0.3, -0.25) is 0 Å². The third kappa shape index (κ3) is 4.73. The van der Waals surface area contributed by atoms with Gasteiger partial charge in [-0.2, -0.15) is 15.8 Å². The molecule has 0 atom stereocenters. The minimum absolute atomic E-state index is 0.0485. The van der Waals surface area contributed by atoms with Gasteiger partial charge in [-0.15, -0.1) is 0 Å². The summed E-state index contributed by atoms with van der Waals surface area (Å²) in [7, 11) is -5.45. The van der Waals surface area contributed by atoms with E-state index in [1.807, 2.05) is 0 Å². The summed E-state index contributed by atoms with van der Waals surface area (Å²) in [4.78, 5) is -0.611. The number of nitrogens with one attached hydrogen (secondary N) is 1. The fourth-order valence-electron chi connectivity index (χ4n) is 2.47. The van der Waals surface area contributed by atoms with Crippen LogP contribution in [-0.4, -0.2) is 35.2 Å². The summed E-state index contributed by atoms with van der Waals surface area (Å²) < 4.78 is 52.4. The molecule has 31 heavy (non-hydrogen) atoms. The third-order valence-corrected chi connectivity index (χ3v) is 7.83. The summed E-state index contributed by atoms with van der Waals surface area (Å²) in [5.74, 6) is 0. The van der Waals surface area contributed by atoms with Gasteiger partial charge in [0.25, 0.3) is 0 Å². The van der Waals surface area contributed by atoms with Gasteiger partial charge in [0.1, 0.15) is 23.9 Å². The summed E-state index contributed by atoms with van der Waals surface area (Å²) in [6, 6.07) is 14.0. The molecule has 0 heterocycles. The molecular formula is C20H17N5O4S2. The fourth-order valence-corrected chi connectivity index (χ4v) is 4.80. The molecule has 0 aliphatic carbocycles. The lowest BCUT2D eigenvalue weighted by molar-refractivity contribution is 0.520. The van der Waals surface area contributed by atoms with Crippen LogP contribution in [-0.2, 0) is 19.9 Å². The van der Waals surface area contributed by atoms with Gasteiger partial charge in [-0.1, -0.05) is 17.7 Å². The zero-order valence-electron chi connectivity index (χ0n) is 16.8. The molecule has 0 bridgehead atoms. The highest BCUT2D eigenvalue weighted by molar-refractivity contribution is 7.91. The van der Waals surface area contributed by atoms with Crippen molar-refractivity contribution < 1.29 is 16.8 Å². The minimum Gasteiger partial charge on any atom is -0.344 e. The number of anilines is 1. The number of aryl methyl sites for hydroxylation is 1. The van der Waals surface area contributed by atoms with E-state index >= 15 is 0 Å². The minimum atomic E-state index is -4.13. The Bertz CT molecular complexity index is 1370. The van der Waals surface area contributed by atoms with Crippen molar-refractivity contribution in [2.24, 2.45) is 0 Å². The Labute approximate surface area is 181 Å². The quantitative estimate of drug-likeness (QED) is 0.651. The van der Waals surface area contributed by atoms with Crippen molar-refractivity contribution in [3.8, 4) is 18.2 Å². The Balaban J connectivity index is 2.82. The number of sulfonamides is 1. The number of rotatable bonds is 6. The SMILES string of the molecule is Cc1ccc(S(=O)(=O)c2ccc(S(=O)(=O)N(C)C)cc2NC(C#N)=C(C#N)C#N)cc1. The standard InChI is InChI=1S/C20H17N5O4S2/c1-14-4-6-16(7-5-14)30(26,27)20-9-8-17(31(28,29)25(2)3)10-18(20)24-19(13-23)15(11-21)12-22/h4-10,24H,1-3H3. The molecule has 0 aliphatic heterocycles. The lowest BCUT2D eigenvalue weighted by Gasteiger charge is -2.16. The van der Waals surface area contributed by atoms with E-state index in [0.29, 0.717) is 0 Å². The highest BCUT2D eigenvalue weighted by Crippen LogP contribution is 2.32. The Morgan fingerprint density at radius 3 is 1.90 bits per heavy atom. The molecule has 1 N–H and O–H groups in total. The number of sulfone groups is 1. The number of nitriles is 3. The molecule has 0 unspecified atom stereocenters. The van der Waals surface area contributed by atoms with Crippen molar-refractivity contribution in [1.82, 2.24) is 4.31 Å². The molecule has 0 radical (unpaired) electrons. The zero-order chi connectivity index (χ0) is 23.4. The molecule has 2 rings (SSSR count). The van der Waals surface area contributed by atoms with E-state index in [4.69, 9.17) is 10.5 Å². The molecule has 0 fully saturated rings. The van der Waals surface area contributed by atoms with Gasteiger partial charge in [0, 0.05) is 14.1 Å². The van der Waals surface area contributed by atoms with Crippen LogP contribution in [0.2, 0.25) is 0 Å². The monoisotopic (exact) mass is 455 g/mol. The lowest BCUT2D eigenvalue weighted by atomic mass is 10.2. The van der Waals surface area contributed by atoms with Gasteiger partial charge >= 0.3 is 0 Å². The molecule has 2 aromatic rings. The highest BCUT2D eigenvalue weighted by Gasteiger charge is 2.26. The number of allylic oxidation sites excluding steroid dienone is 2. The summed E-state index contributed by atoms with van der Waals surface area (Å²) in [6.45, 7) is 1.79. The largest absolute Gasteiger partial charge is 0.344 e. The van der Waals surface area contributed by atoms with Gasteiger partial charge in [-0.05, 0) is 37.3 Å². The van der Waals surface area contributed by atoms with Crippen LogP contribution < -0.4 is 5.32 Å². The van der Waals surface area contributed by atoms with Crippen LogP contribution >= 0.6 is 0 Å². The van der Waals surface area contributed by atoms with Gasteiger partial charge in [0.05, 0.1) is 20.4 Å². The van der Waals surface area contributed by atoms with Crippen molar-refractivity contribution in [3.05, 3.63) is 59.3 Å². The first-order chi connectivity index (χ1) is 14.5. The van der Waals surface area contributed by atoms with Crippen molar-refractivity contribution in [2.45, 2.75) is 21.6 Å². The number of hydrogen-bond donors (Lipinski definition) is 1. The Morgan fingerprint density at radius 1 is 0.871 bits per heavy atom. The van der Waals surface area contributed by atoms with Gasteiger partial charge in [-0.25, -0.2) is 21.1 Å². The molecule has 11 heteroatoms. The van der Waals surface area contributed by atoms with E-state index < -0.39 is 31.1 Å². The van der Waals surface area contributed by atoms with Crippen LogP contribution in [0.25, 0.3) is 0 Å². The average molecular weight is 456 g/mol. The van der Waals surface area contributed by atoms with Crippen LogP contribution in [0.3, 0.4) is 0 Å². The summed E-state index contributed by atoms with van der Waals surface area (Å²) >= 11 is 0. The van der Waals surface area contributed by atoms with Gasteiger partial charge < -0.3 is 5.32 Å². The van der Waals surface area contributed by atoms with E-state index in [1.54, 1.807) is 25.1 Å². The Kier molecular flexibility index (Phi) is 6.84. The van der Waals surface area contributed by atoms with Crippen molar-refractivity contribution in [1.29, 1.82) is 15.8 Å². The second kappa shape index (κ2) is 8.99. The molecule has 0 aromatic heterocycles. The normalized spacial score (nSPS) is 11.1. The summed E-state index contributed by atoms with van der Waals surface area (Å²) in [6.07, 6.45) is 0. The second-order valence-electron chi connectivity index (χ2n) is 6.47. The molecule has 0 amide bonds. The molecule has 0 aliphatic rings. The molecule has 0 spiro atoms. The van der Waals surface area contributed by atoms with Gasteiger partial charge in [0.15, 0.2) is 5.57 Å². The molecule has 2 aromatic carbocycles. The maximum atomic E-state index is 13.2. The topological polar surface area (TPSA) is 155 Å². The lowest BCUT2D eigenvalue weighted by Crippen LogP contribution is -2.22. The smallest absolute Gasteiger partial charge is 0.242 e. The van der Waals surface area contributed by atoms with Crippen LogP contribution in [0.15, 0.2) is 68.4 Å². The van der Waals surface area contributed by atoms with Gasteiger partial charge in [0.2, 0.25) is 19.9 Å². The molecular weight excluding hydrogens is 438 g/mol. The van der Waals surface area contributed by atoms with Crippen LogP contribution in [0.4, 0.5) is 5.69 Å². The van der Waals surface area contributed by atoms with Crippen LogP contribution in [0.5, 0.6) is 0 Å². The first-order valence-electron chi connectivity index (χ1n) is 8.59. The predicted octanol–water partition coefficient (Wildman–Crippen LogP) is 2.31. The number of benzene rings is 2.